The van der Waals surface area contributed by atoms with Crippen LogP contribution in [0.2, 0.25) is 18.1 Å². The molecule has 0 spiro atoms. The van der Waals surface area contributed by atoms with Crippen molar-refractivity contribution < 1.29 is 19.1 Å². The first-order valence-corrected chi connectivity index (χ1v) is 12.2. The molecule has 26 heavy (non-hydrogen) atoms. The largest absolute Gasteiger partial charge is 0.410 e. The summed E-state index contributed by atoms with van der Waals surface area (Å²) >= 11 is 0. The number of nitrogens with zero attached hydrogens (tertiary/aromatic N) is 2. The topological polar surface area (TPSA) is 82.9 Å². The van der Waals surface area contributed by atoms with Crippen molar-refractivity contribution in [3.05, 3.63) is 41.4 Å². The Bertz CT molecular complexity index is 706. The fourth-order valence-corrected chi connectivity index (χ4v) is 4.52. The zero-order valence-corrected chi connectivity index (χ0v) is 17.5. The lowest BCUT2D eigenvalue weighted by Gasteiger charge is -2.44. The van der Waals surface area contributed by atoms with Gasteiger partial charge < -0.3 is 15.1 Å². The Labute approximate surface area is 157 Å². The molecule has 2 atom stereocenters. The second-order valence-electron chi connectivity index (χ2n) is 8.68. The summed E-state index contributed by atoms with van der Waals surface area (Å²) in [5.41, 5.74) is 8.22. The lowest BCUT2D eigenvalue weighted by molar-refractivity contribution is -0.0890. The van der Waals surface area contributed by atoms with Crippen LogP contribution in [0.25, 0.3) is 5.53 Å². The van der Waals surface area contributed by atoms with E-state index in [1.165, 1.54) is 0 Å². The standard InChI is InChI=1S/C20H30N2O3Si/c1-19(2,3)26(4,5)25-16-13-9-10-14-20(16,24)18(22-21)17(23)15-11-7-6-8-12-15/h6-8,11-12,16,24H,9-10,13-14H2,1-5H3/t16-,20+/m0/s1. The van der Waals surface area contributed by atoms with Crippen molar-refractivity contribution in [1.29, 1.82) is 0 Å². The van der Waals surface area contributed by atoms with Crippen LogP contribution in [0.15, 0.2) is 30.3 Å². The molecule has 6 heteroatoms. The lowest BCUT2D eigenvalue weighted by Crippen LogP contribution is -2.59. The molecule has 1 aromatic carbocycles. The van der Waals surface area contributed by atoms with E-state index in [-0.39, 0.29) is 10.7 Å². The van der Waals surface area contributed by atoms with E-state index in [9.17, 15) is 15.4 Å². The number of hydrogen-bond acceptors (Lipinski definition) is 3. The minimum atomic E-state index is -2.16. The second-order valence-corrected chi connectivity index (χ2v) is 13.4. The molecule has 0 radical (unpaired) electrons. The lowest BCUT2D eigenvalue weighted by atomic mass is 9.77. The molecule has 0 aromatic heterocycles. The first-order valence-electron chi connectivity index (χ1n) is 9.25. The van der Waals surface area contributed by atoms with Crippen molar-refractivity contribution in [1.82, 2.24) is 0 Å². The molecule has 5 nitrogen and oxygen atoms in total. The van der Waals surface area contributed by atoms with Crippen molar-refractivity contribution in [2.24, 2.45) is 0 Å². The number of aliphatic hydroxyl groups is 1. The van der Waals surface area contributed by atoms with Gasteiger partial charge >= 0.3 is 5.71 Å². The van der Waals surface area contributed by atoms with Gasteiger partial charge in [0.1, 0.15) is 0 Å². The van der Waals surface area contributed by atoms with Gasteiger partial charge in [0.25, 0.3) is 5.78 Å². The summed E-state index contributed by atoms with van der Waals surface area (Å²) in [6.45, 7) is 10.7. The summed E-state index contributed by atoms with van der Waals surface area (Å²) in [5, 5.41) is 11.4. The SMILES string of the molecule is CC(C)(C)[Si](C)(C)O[C@H]1CCCC[C@]1(O)C(=[N+]=[N-])C(=O)c1ccccc1. The van der Waals surface area contributed by atoms with E-state index in [4.69, 9.17) is 4.43 Å². The number of benzene rings is 1. The number of rotatable bonds is 5. The van der Waals surface area contributed by atoms with Gasteiger partial charge in [0.2, 0.25) is 0 Å². The van der Waals surface area contributed by atoms with E-state index in [0.29, 0.717) is 18.4 Å². The number of hydrogen-bond donors (Lipinski definition) is 1. The van der Waals surface area contributed by atoms with Crippen molar-refractivity contribution in [2.45, 2.75) is 76.3 Å². The third kappa shape index (κ3) is 4.04. The average Bonchev–Trinajstić information content (AvgIpc) is 2.57. The third-order valence-electron chi connectivity index (χ3n) is 5.81. The van der Waals surface area contributed by atoms with E-state index < -0.39 is 25.8 Å². The van der Waals surface area contributed by atoms with Crippen LogP contribution < -0.4 is 0 Å². The Morgan fingerprint density at radius 3 is 2.42 bits per heavy atom. The zero-order chi connectivity index (χ0) is 19.6. The Balaban J connectivity index is 2.38. The van der Waals surface area contributed by atoms with Crippen molar-refractivity contribution in [3.8, 4) is 0 Å². The molecule has 0 saturated heterocycles. The van der Waals surface area contributed by atoms with Crippen LogP contribution in [0.3, 0.4) is 0 Å². The maximum atomic E-state index is 12.9. The van der Waals surface area contributed by atoms with Crippen LogP contribution in [0.5, 0.6) is 0 Å². The average molecular weight is 375 g/mol. The highest BCUT2D eigenvalue weighted by atomic mass is 28.4. The summed E-state index contributed by atoms with van der Waals surface area (Å²) in [7, 11) is -2.16. The molecule has 1 aliphatic rings. The Kier molecular flexibility index (Phi) is 6.03. The van der Waals surface area contributed by atoms with Crippen molar-refractivity contribution in [2.75, 3.05) is 0 Å². The molecule has 1 saturated carbocycles. The van der Waals surface area contributed by atoms with E-state index in [1.807, 2.05) is 6.07 Å². The van der Waals surface area contributed by atoms with Crippen LogP contribution in [0.1, 0.15) is 56.8 Å². The normalized spacial score (nSPS) is 24.0. The molecule has 1 aliphatic carbocycles. The summed E-state index contributed by atoms with van der Waals surface area (Å²) in [6.07, 6.45) is 2.12. The van der Waals surface area contributed by atoms with Gasteiger partial charge in [-0.25, -0.2) is 0 Å². The van der Waals surface area contributed by atoms with E-state index in [2.05, 4.69) is 38.7 Å². The number of ketones is 1. The van der Waals surface area contributed by atoms with Gasteiger partial charge in [-0.05, 0) is 37.4 Å². The fraction of sp³-hybridized carbons (Fsp3) is 0.600. The smallest absolute Gasteiger partial charge is 0.373 e. The highest BCUT2D eigenvalue weighted by Gasteiger charge is 2.55. The maximum Gasteiger partial charge on any atom is 0.373 e. The van der Waals surface area contributed by atoms with Gasteiger partial charge in [-0.15, -0.1) is 0 Å². The van der Waals surface area contributed by atoms with E-state index >= 15 is 0 Å². The molecule has 142 valence electrons. The number of carbonyl (C=O) groups is 1. The molecule has 0 amide bonds. The van der Waals surface area contributed by atoms with Crippen LogP contribution in [-0.4, -0.2) is 41.4 Å². The summed E-state index contributed by atoms with van der Waals surface area (Å²) in [4.78, 5) is 16.1. The quantitative estimate of drug-likeness (QED) is 0.275. The molecule has 1 aromatic rings. The molecule has 1 N–H and O–H groups in total. The first kappa shape index (κ1) is 20.7. The third-order valence-corrected chi connectivity index (χ3v) is 10.3. The van der Waals surface area contributed by atoms with Crippen LogP contribution in [0, 0.1) is 0 Å². The predicted molar refractivity (Wildman–Crippen MR) is 105 cm³/mol. The predicted octanol–water partition coefficient (Wildman–Crippen LogP) is 4.24. The minimum Gasteiger partial charge on any atom is -0.410 e. The van der Waals surface area contributed by atoms with E-state index in [1.54, 1.807) is 24.3 Å². The van der Waals surface area contributed by atoms with Crippen molar-refractivity contribution >= 4 is 19.8 Å². The molecule has 1 fully saturated rings. The van der Waals surface area contributed by atoms with Gasteiger partial charge in [-0.1, -0.05) is 57.5 Å². The van der Waals surface area contributed by atoms with E-state index in [0.717, 1.165) is 12.8 Å². The Morgan fingerprint density at radius 1 is 1.27 bits per heavy atom. The summed E-state index contributed by atoms with van der Waals surface area (Å²) in [5.74, 6) is -0.457. The van der Waals surface area contributed by atoms with Crippen LogP contribution in [-0.2, 0) is 4.43 Å². The van der Waals surface area contributed by atoms with Crippen LogP contribution >= 0.6 is 0 Å². The first-order chi connectivity index (χ1) is 12.0. The summed E-state index contributed by atoms with van der Waals surface area (Å²) < 4.78 is 6.47. The van der Waals surface area contributed by atoms with Gasteiger partial charge in [-0.3, -0.25) is 4.79 Å². The molecule has 0 heterocycles. The highest BCUT2D eigenvalue weighted by Crippen LogP contribution is 2.41. The van der Waals surface area contributed by atoms with Gasteiger partial charge in [0.15, 0.2) is 13.9 Å². The molecule has 0 unspecified atom stereocenters. The molecule has 0 aliphatic heterocycles. The van der Waals surface area contributed by atoms with Crippen molar-refractivity contribution in [3.63, 3.8) is 0 Å². The fourth-order valence-electron chi connectivity index (χ4n) is 3.14. The zero-order valence-electron chi connectivity index (χ0n) is 16.5. The number of carbonyl (C=O) groups excluding carboxylic acids is 1. The monoisotopic (exact) mass is 374 g/mol. The Morgan fingerprint density at radius 2 is 1.88 bits per heavy atom. The Hall–Kier alpha value is -1.59. The molecule has 0 bridgehead atoms. The molecular formula is C20H30N2O3Si. The summed E-state index contributed by atoms with van der Waals surface area (Å²) in [6, 6.07) is 8.62. The second kappa shape index (κ2) is 7.57. The minimum absolute atomic E-state index is 0.0225. The maximum absolute atomic E-state index is 12.9. The molecule has 2 rings (SSSR count). The van der Waals surface area contributed by atoms with Crippen LogP contribution in [0.4, 0.5) is 0 Å². The van der Waals surface area contributed by atoms with Gasteiger partial charge in [0, 0.05) is 5.56 Å². The number of Topliss-reactive ketones (excluding diaryl/α,β-unsaturated/α-hetero) is 1. The molecular weight excluding hydrogens is 344 g/mol. The van der Waals surface area contributed by atoms with Gasteiger partial charge in [-0.2, -0.15) is 4.79 Å². The van der Waals surface area contributed by atoms with Gasteiger partial charge in [0.05, 0.1) is 6.10 Å². The highest BCUT2D eigenvalue weighted by molar-refractivity contribution is 6.74.